The Labute approximate surface area is 103 Å². The normalized spacial score (nSPS) is 31.2. The van der Waals surface area contributed by atoms with Crippen LogP contribution >= 0.6 is 0 Å². The number of anilines is 1. The Kier molecular flexibility index (Phi) is 3.07. The SMILES string of the molecule is N#C[C@]1(CO)C[C@@H](n2ccc(N)nc2=O)C[C@@H]1O. The fourth-order valence-electron chi connectivity index (χ4n) is 2.36. The van der Waals surface area contributed by atoms with E-state index in [1.54, 1.807) is 0 Å². The zero-order valence-corrected chi connectivity index (χ0v) is 9.65. The first kappa shape index (κ1) is 12.5. The minimum atomic E-state index is -1.20. The van der Waals surface area contributed by atoms with Gasteiger partial charge >= 0.3 is 5.69 Å². The number of hydrogen-bond donors (Lipinski definition) is 3. The third-order valence-electron chi connectivity index (χ3n) is 3.48. The topological polar surface area (TPSA) is 125 Å². The Balaban J connectivity index is 2.33. The number of hydrogen-bond acceptors (Lipinski definition) is 6. The van der Waals surface area contributed by atoms with Gasteiger partial charge in [0.25, 0.3) is 0 Å². The van der Waals surface area contributed by atoms with Gasteiger partial charge in [-0.3, -0.25) is 4.57 Å². The molecule has 1 aliphatic rings. The molecule has 1 saturated carbocycles. The molecular weight excluding hydrogens is 236 g/mol. The standard InChI is InChI=1S/C11H14N4O3/c12-5-11(6-16)4-7(3-8(11)17)15-2-1-9(13)14-10(15)18/h1-2,7-8,16-17H,3-4,6H2,(H2,13,14,18)/t7-,8-,11-/m0/s1. The van der Waals surface area contributed by atoms with E-state index in [9.17, 15) is 15.0 Å². The molecule has 1 aliphatic carbocycles. The van der Waals surface area contributed by atoms with Crippen LogP contribution in [0.1, 0.15) is 18.9 Å². The second-order valence-corrected chi connectivity index (χ2v) is 4.58. The Hall–Kier alpha value is -1.91. The molecule has 0 saturated heterocycles. The van der Waals surface area contributed by atoms with Crippen molar-refractivity contribution in [3.63, 3.8) is 0 Å². The molecule has 1 heterocycles. The van der Waals surface area contributed by atoms with Crippen molar-refractivity contribution in [2.45, 2.75) is 25.0 Å². The number of nitrogens with zero attached hydrogens (tertiary/aromatic N) is 3. The van der Waals surface area contributed by atoms with E-state index >= 15 is 0 Å². The predicted molar refractivity (Wildman–Crippen MR) is 62.3 cm³/mol. The largest absolute Gasteiger partial charge is 0.395 e. The second-order valence-electron chi connectivity index (χ2n) is 4.58. The van der Waals surface area contributed by atoms with Crippen molar-refractivity contribution >= 4 is 5.82 Å². The van der Waals surface area contributed by atoms with E-state index in [1.807, 2.05) is 6.07 Å². The van der Waals surface area contributed by atoms with Crippen LogP contribution in [-0.4, -0.2) is 32.5 Å². The summed E-state index contributed by atoms with van der Waals surface area (Å²) in [5, 5.41) is 28.2. The van der Waals surface area contributed by atoms with Crippen molar-refractivity contribution < 1.29 is 10.2 Å². The smallest absolute Gasteiger partial charge is 0.349 e. The molecule has 1 aromatic heterocycles. The molecule has 18 heavy (non-hydrogen) atoms. The lowest BCUT2D eigenvalue weighted by atomic mass is 9.87. The van der Waals surface area contributed by atoms with Crippen LogP contribution in [0.4, 0.5) is 5.82 Å². The summed E-state index contributed by atoms with van der Waals surface area (Å²) in [7, 11) is 0. The van der Waals surface area contributed by atoms with Gasteiger partial charge in [-0.25, -0.2) is 4.79 Å². The number of aromatic nitrogens is 2. The van der Waals surface area contributed by atoms with Crippen LogP contribution in [-0.2, 0) is 0 Å². The molecule has 0 radical (unpaired) electrons. The lowest BCUT2D eigenvalue weighted by Gasteiger charge is -2.21. The van der Waals surface area contributed by atoms with Crippen LogP contribution in [0.15, 0.2) is 17.1 Å². The quantitative estimate of drug-likeness (QED) is 0.619. The molecule has 3 atom stereocenters. The summed E-state index contributed by atoms with van der Waals surface area (Å²) in [4.78, 5) is 15.3. The van der Waals surface area contributed by atoms with Gasteiger partial charge in [-0.05, 0) is 18.9 Å². The molecule has 1 fully saturated rings. The van der Waals surface area contributed by atoms with Crippen LogP contribution in [0.3, 0.4) is 0 Å². The highest BCUT2D eigenvalue weighted by molar-refractivity contribution is 5.24. The van der Waals surface area contributed by atoms with Crippen LogP contribution in [0.5, 0.6) is 0 Å². The van der Waals surface area contributed by atoms with Gasteiger partial charge in [-0.15, -0.1) is 0 Å². The summed E-state index contributed by atoms with van der Waals surface area (Å²) in [5.74, 6) is 0.128. The maximum Gasteiger partial charge on any atom is 0.349 e. The van der Waals surface area contributed by atoms with Crippen molar-refractivity contribution in [3.8, 4) is 6.07 Å². The molecule has 1 aromatic rings. The highest BCUT2D eigenvalue weighted by Gasteiger charge is 2.47. The third-order valence-corrected chi connectivity index (χ3v) is 3.48. The van der Waals surface area contributed by atoms with Gasteiger partial charge in [0.2, 0.25) is 0 Å². The van der Waals surface area contributed by atoms with E-state index in [0.29, 0.717) is 0 Å². The van der Waals surface area contributed by atoms with Gasteiger partial charge in [-0.2, -0.15) is 10.2 Å². The first-order valence-corrected chi connectivity index (χ1v) is 5.57. The molecule has 0 unspecified atom stereocenters. The lowest BCUT2D eigenvalue weighted by Crippen LogP contribution is -2.32. The first-order chi connectivity index (χ1) is 8.52. The van der Waals surface area contributed by atoms with Gasteiger partial charge in [0.15, 0.2) is 0 Å². The second kappa shape index (κ2) is 4.40. The molecule has 7 nitrogen and oxygen atoms in total. The van der Waals surface area contributed by atoms with Crippen molar-refractivity contribution in [1.82, 2.24) is 9.55 Å². The Morgan fingerprint density at radius 3 is 2.94 bits per heavy atom. The maximum absolute atomic E-state index is 11.7. The summed E-state index contributed by atoms with van der Waals surface area (Å²) in [5.41, 5.74) is 3.68. The zero-order chi connectivity index (χ0) is 13.3. The lowest BCUT2D eigenvalue weighted by molar-refractivity contribution is 0.0460. The van der Waals surface area contributed by atoms with Gasteiger partial charge in [0.05, 0.1) is 18.8 Å². The minimum Gasteiger partial charge on any atom is -0.395 e. The fourth-order valence-corrected chi connectivity index (χ4v) is 2.36. The number of nitrogen functional groups attached to an aromatic ring is 1. The summed E-state index contributed by atoms with van der Waals surface area (Å²) < 4.78 is 1.34. The minimum absolute atomic E-state index is 0.128. The third kappa shape index (κ3) is 1.85. The van der Waals surface area contributed by atoms with Crippen LogP contribution in [0, 0.1) is 16.7 Å². The number of aliphatic hydroxyl groups excluding tert-OH is 2. The Bertz CT molecular complexity index is 550. The summed E-state index contributed by atoms with van der Waals surface area (Å²) in [6, 6.07) is 3.08. The average Bonchev–Trinajstić information content (AvgIpc) is 2.67. The van der Waals surface area contributed by atoms with Gasteiger partial charge in [0.1, 0.15) is 11.2 Å². The zero-order valence-electron chi connectivity index (χ0n) is 9.65. The number of aliphatic hydroxyl groups is 2. The van der Waals surface area contributed by atoms with Crippen molar-refractivity contribution in [3.05, 3.63) is 22.7 Å². The van der Waals surface area contributed by atoms with E-state index in [1.165, 1.54) is 16.8 Å². The molecule has 96 valence electrons. The van der Waals surface area contributed by atoms with Crippen molar-refractivity contribution in [2.24, 2.45) is 5.41 Å². The van der Waals surface area contributed by atoms with Crippen LogP contribution < -0.4 is 11.4 Å². The molecule has 2 rings (SSSR count). The number of nitriles is 1. The summed E-state index contributed by atoms with van der Waals surface area (Å²) in [6.45, 7) is -0.432. The van der Waals surface area contributed by atoms with E-state index in [2.05, 4.69) is 4.98 Å². The van der Waals surface area contributed by atoms with E-state index in [0.717, 1.165) is 0 Å². The molecule has 7 heteroatoms. The van der Waals surface area contributed by atoms with Crippen LogP contribution in [0.25, 0.3) is 0 Å². The molecule has 0 amide bonds. The molecule has 4 N–H and O–H groups in total. The Morgan fingerprint density at radius 2 is 2.44 bits per heavy atom. The maximum atomic E-state index is 11.7. The number of rotatable bonds is 2. The van der Waals surface area contributed by atoms with Crippen molar-refractivity contribution in [1.29, 1.82) is 5.26 Å². The Morgan fingerprint density at radius 1 is 1.72 bits per heavy atom. The highest BCUT2D eigenvalue weighted by Crippen LogP contribution is 2.43. The molecule has 0 aliphatic heterocycles. The van der Waals surface area contributed by atoms with E-state index in [4.69, 9.17) is 11.0 Å². The molecule has 0 aromatic carbocycles. The van der Waals surface area contributed by atoms with E-state index in [-0.39, 0.29) is 24.7 Å². The summed E-state index contributed by atoms with van der Waals surface area (Å²) >= 11 is 0. The number of nitrogens with two attached hydrogens (primary N) is 1. The first-order valence-electron chi connectivity index (χ1n) is 5.57. The summed E-state index contributed by atoms with van der Waals surface area (Å²) in [6.07, 6.45) is 0.987. The van der Waals surface area contributed by atoms with Gasteiger partial charge < -0.3 is 15.9 Å². The molecule has 0 spiro atoms. The van der Waals surface area contributed by atoms with Crippen molar-refractivity contribution in [2.75, 3.05) is 12.3 Å². The molecule has 0 bridgehead atoms. The average molecular weight is 250 g/mol. The van der Waals surface area contributed by atoms with Crippen LogP contribution in [0.2, 0.25) is 0 Å². The monoisotopic (exact) mass is 250 g/mol. The van der Waals surface area contributed by atoms with E-state index < -0.39 is 23.8 Å². The van der Waals surface area contributed by atoms with Gasteiger partial charge in [0, 0.05) is 12.2 Å². The highest BCUT2D eigenvalue weighted by atomic mass is 16.3. The fraction of sp³-hybridized carbons (Fsp3) is 0.545. The molecular formula is C11H14N4O3. The predicted octanol–water partition coefficient (Wildman–Crippen LogP) is -0.976. The van der Waals surface area contributed by atoms with Gasteiger partial charge in [-0.1, -0.05) is 0 Å².